The predicted octanol–water partition coefficient (Wildman–Crippen LogP) is 2.04. The number of rotatable bonds is 3. The van der Waals surface area contributed by atoms with Crippen LogP contribution in [0.3, 0.4) is 0 Å². The number of nitrogens with one attached hydrogen (secondary N) is 1. The molecule has 0 bridgehead atoms. The predicted molar refractivity (Wildman–Crippen MR) is 62.8 cm³/mol. The Bertz CT molecular complexity index is 452. The summed E-state index contributed by atoms with van der Waals surface area (Å²) in [6, 6.07) is 8.33. The number of hydrogen-bond acceptors (Lipinski definition) is 5. The summed E-state index contributed by atoms with van der Waals surface area (Å²) in [5.41, 5.74) is 7.90. The largest absolute Gasteiger partial charge is 0.367 e. The van der Waals surface area contributed by atoms with Crippen molar-refractivity contribution in [2.75, 3.05) is 11.1 Å². The Morgan fingerprint density at radius 2 is 2.33 bits per heavy atom. The summed E-state index contributed by atoms with van der Waals surface area (Å²) >= 11 is 1.28. The van der Waals surface area contributed by atoms with Crippen molar-refractivity contribution in [2.24, 2.45) is 0 Å². The van der Waals surface area contributed by atoms with Crippen LogP contribution in [0.5, 0.6) is 0 Å². The van der Waals surface area contributed by atoms with Crippen molar-refractivity contribution in [3.8, 4) is 0 Å². The van der Waals surface area contributed by atoms with Gasteiger partial charge in [-0.25, -0.2) is 0 Å². The van der Waals surface area contributed by atoms with Crippen LogP contribution in [0.1, 0.15) is 11.1 Å². The summed E-state index contributed by atoms with van der Waals surface area (Å²) in [6.07, 6.45) is 0. The molecule has 2 rings (SSSR count). The van der Waals surface area contributed by atoms with Crippen molar-refractivity contribution in [1.29, 1.82) is 0 Å². The first-order valence-corrected chi connectivity index (χ1v) is 5.40. The van der Waals surface area contributed by atoms with Gasteiger partial charge in [0, 0.05) is 18.1 Å². The third kappa shape index (κ3) is 2.66. The van der Waals surface area contributed by atoms with E-state index in [0.29, 0.717) is 5.95 Å². The summed E-state index contributed by atoms with van der Waals surface area (Å²) in [7, 11) is 0. The van der Waals surface area contributed by atoms with Crippen LogP contribution in [0.2, 0.25) is 0 Å². The molecule has 3 N–H and O–H groups in total. The Balaban J connectivity index is 1.99. The molecule has 0 spiro atoms. The van der Waals surface area contributed by atoms with Gasteiger partial charge < -0.3 is 11.1 Å². The molecule has 1 heterocycles. The molecule has 78 valence electrons. The third-order valence-corrected chi connectivity index (χ3v) is 2.65. The first-order chi connectivity index (χ1) is 7.24. The van der Waals surface area contributed by atoms with Gasteiger partial charge in [-0.15, -0.1) is 0 Å². The number of benzene rings is 1. The molecule has 0 radical (unpaired) electrons. The van der Waals surface area contributed by atoms with Crippen LogP contribution in [-0.2, 0) is 6.54 Å². The van der Waals surface area contributed by atoms with Crippen LogP contribution in [0.25, 0.3) is 0 Å². The normalized spacial score (nSPS) is 10.2. The van der Waals surface area contributed by atoms with E-state index in [0.717, 1.165) is 11.7 Å². The Hall–Kier alpha value is -1.62. The molecule has 0 fully saturated rings. The maximum Gasteiger partial charge on any atom is 0.233 e. The standard InChI is InChI=1S/C10H12N4S/c1-7-3-2-4-8(5-7)6-12-10-13-9(11)14-15-10/h2-5H,6H2,1H3,(H3,11,12,13,14). The summed E-state index contributed by atoms with van der Waals surface area (Å²) < 4.78 is 3.89. The molecule has 1 aromatic heterocycles. The van der Waals surface area contributed by atoms with E-state index in [1.54, 1.807) is 0 Å². The Kier molecular flexibility index (Phi) is 2.82. The van der Waals surface area contributed by atoms with E-state index in [9.17, 15) is 0 Å². The number of anilines is 2. The van der Waals surface area contributed by atoms with E-state index in [2.05, 4.69) is 39.8 Å². The Morgan fingerprint density at radius 3 is 3.00 bits per heavy atom. The zero-order chi connectivity index (χ0) is 10.7. The quantitative estimate of drug-likeness (QED) is 0.830. The lowest BCUT2D eigenvalue weighted by Gasteiger charge is -2.02. The second-order valence-electron chi connectivity index (χ2n) is 3.30. The first kappa shape index (κ1) is 9.92. The maximum atomic E-state index is 5.42. The van der Waals surface area contributed by atoms with Gasteiger partial charge >= 0.3 is 0 Å². The average molecular weight is 220 g/mol. The van der Waals surface area contributed by atoms with E-state index in [-0.39, 0.29) is 0 Å². The molecule has 0 unspecified atom stereocenters. The molecule has 0 saturated heterocycles. The second kappa shape index (κ2) is 4.27. The van der Waals surface area contributed by atoms with Gasteiger partial charge in [-0.3, -0.25) is 0 Å². The van der Waals surface area contributed by atoms with Gasteiger partial charge in [0.2, 0.25) is 11.1 Å². The molecule has 15 heavy (non-hydrogen) atoms. The van der Waals surface area contributed by atoms with Gasteiger partial charge in [0.1, 0.15) is 0 Å². The fraction of sp³-hybridized carbons (Fsp3) is 0.200. The van der Waals surface area contributed by atoms with Crippen molar-refractivity contribution in [3.05, 3.63) is 35.4 Å². The highest BCUT2D eigenvalue weighted by Crippen LogP contribution is 2.13. The zero-order valence-electron chi connectivity index (χ0n) is 8.40. The molecule has 0 aliphatic rings. The lowest BCUT2D eigenvalue weighted by Crippen LogP contribution is -1.99. The SMILES string of the molecule is Cc1cccc(CNc2nc(N)ns2)c1. The number of nitrogens with zero attached hydrogens (tertiary/aromatic N) is 2. The molecule has 1 aromatic carbocycles. The molecule has 0 aliphatic carbocycles. The smallest absolute Gasteiger partial charge is 0.233 e. The maximum absolute atomic E-state index is 5.42. The van der Waals surface area contributed by atoms with Crippen molar-refractivity contribution < 1.29 is 0 Å². The minimum atomic E-state index is 0.326. The van der Waals surface area contributed by atoms with Crippen molar-refractivity contribution >= 4 is 22.6 Å². The molecular formula is C10H12N4S. The van der Waals surface area contributed by atoms with Gasteiger partial charge in [0.05, 0.1) is 0 Å². The van der Waals surface area contributed by atoms with E-state index in [1.807, 2.05) is 6.07 Å². The van der Waals surface area contributed by atoms with Crippen LogP contribution in [-0.4, -0.2) is 9.36 Å². The molecule has 2 aromatic rings. The number of nitrogens with two attached hydrogens (primary N) is 1. The number of aryl methyl sites for hydroxylation is 1. The van der Waals surface area contributed by atoms with Crippen LogP contribution in [0.15, 0.2) is 24.3 Å². The minimum absolute atomic E-state index is 0.326. The van der Waals surface area contributed by atoms with Gasteiger partial charge in [0.15, 0.2) is 0 Å². The van der Waals surface area contributed by atoms with E-state index in [1.165, 1.54) is 22.7 Å². The van der Waals surface area contributed by atoms with Crippen molar-refractivity contribution in [1.82, 2.24) is 9.36 Å². The van der Waals surface area contributed by atoms with Crippen LogP contribution < -0.4 is 11.1 Å². The van der Waals surface area contributed by atoms with Crippen LogP contribution >= 0.6 is 11.5 Å². The number of nitrogen functional groups attached to an aromatic ring is 1. The molecule has 0 amide bonds. The highest BCUT2D eigenvalue weighted by Gasteiger charge is 1.99. The lowest BCUT2D eigenvalue weighted by molar-refractivity contribution is 1.13. The zero-order valence-corrected chi connectivity index (χ0v) is 9.21. The molecule has 0 saturated carbocycles. The Morgan fingerprint density at radius 1 is 1.47 bits per heavy atom. The molecule has 4 nitrogen and oxygen atoms in total. The van der Waals surface area contributed by atoms with Gasteiger partial charge in [-0.1, -0.05) is 29.8 Å². The first-order valence-electron chi connectivity index (χ1n) is 4.62. The van der Waals surface area contributed by atoms with Gasteiger partial charge in [-0.2, -0.15) is 9.36 Å². The van der Waals surface area contributed by atoms with E-state index >= 15 is 0 Å². The highest BCUT2D eigenvalue weighted by molar-refractivity contribution is 7.09. The van der Waals surface area contributed by atoms with Gasteiger partial charge in [-0.05, 0) is 12.5 Å². The second-order valence-corrected chi connectivity index (χ2v) is 4.05. The van der Waals surface area contributed by atoms with E-state index in [4.69, 9.17) is 5.73 Å². The molecule has 0 atom stereocenters. The van der Waals surface area contributed by atoms with Crippen molar-refractivity contribution in [2.45, 2.75) is 13.5 Å². The highest BCUT2D eigenvalue weighted by atomic mass is 32.1. The molecule has 0 aliphatic heterocycles. The summed E-state index contributed by atoms with van der Waals surface area (Å²) in [5.74, 6) is 0.326. The summed E-state index contributed by atoms with van der Waals surface area (Å²) in [6.45, 7) is 2.82. The summed E-state index contributed by atoms with van der Waals surface area (Å²) in [5, 5.41) is 3.93. The van der Waals surface area contributed by atoms with Crippen LogP contribution in [0.4, 0.5) is 11.1 Å². The fourth-order valence-electron chi connectivity index (χ4n) is 1.31. The average Bonchev–Trinajstić information content (AvgIpc) is 2.62. The van der Waals surface area contributed by atoms with Crippen molar-refractivity contribution in [3.63, 3.8) is 0 Å². The van der Waals surface area contributed by atoms with Gasteiger partial charge in [0.25, 0.3) is 0 Å². The number of aromatic nitrogens is 2. The van der Waals surface area contributed by atoms with E-state index < -0.39 is 0 Å². The summed E-state index contributed by atoms with van der Waals surface area (Å²) in [4.78, 5) is 4.02. The monoisotopic (exact) mass is 220 g/mol. The minimum Gasteiger partial charge on any atom is -0.367 e. The lowest BCUT2D eigenvalue weighted by atomic mass is 10.1. The topological polar surface area (TPSA) is 63.8 Å². The molecule has 5 heteroatoms. The number of hydrogen-bond donors (Lipinski definition) is 2. The Labute approximate surface area is 92.3 Å². The van der Waals surface area contributed by atoms with Crippen LogP contribution in [0, 0.1) is 6.92 Å². The molecular weight excluding hydrogens is 208 g/mol. The third-order valence-electron chi connectivity index (χ3n) is 1.97. The fourth-order valence-corrected chi connectivity index (χ4v) is 1.80.